The fraction of sp³-hybridized carbons (Fsp3) is 0.545. The van der Waals surface area contributed by atoms with Crippen LogP contribution in [-0.2, 0) is 14.3 Å². The molecule has 4 N–H and O–H groups in total. The fourth-order valence-electron chi connectivity index (χ4n) is 2.03. The van der Waals surface area contributed by atoms with Crippen molar-refractivity contribution in [2.75, 3.05) is 12.3 Å². The van der Waals surface area contributed by atoms with Crippen LogP contribution in [0, 0.1) is 0 Å². The Morgan fingerprint density at radius 2 is 2.35 bits per heavy atom. The lowest BCUT2D eigenvalue weighted by Gasteiger charge is -2.21. The van der Waals surface area contributed by atoms with Gasteiger partial charge in [0.15, 0.2) is 12.3 Å². The molecule has 0 amide bonds. The Bertz CT molecular complexity index is 559. The molecule has 20 heavy (non-hydrogen) atoms. The summed E-state index contributed by atoms with van der Waals surface area (Å²) in [5, 5.41) is 19.1. The monoisotopic (exact) mass is 285 g/mol. The largest absolute Gasteiger partial charge is 0.455 e. The minimum Gasteiger partial charge on any atom is -0.455 e. The van der Waals surface area contributed by atoms with E-state index in [4.69, 9.17) is 20.3 Å². The van der Waals surface area contributed by atoms with Crippen LogP contribution in [-0.4, -0.2) is 50.7 Å². The van der Waals surface area contributed by atoms with Crippen molar-refractivity contribution in [3.8, 4) is 0 Å². The molecule has 2 rings (SSSR count). The number of rotatable bonds is 3. The van der Waals surface area contributed by atoms with Crippen molar-refractivity contribution in [2.45, 2.75) is 31.5 Å². The molecule has 0 saturated carbocycles. The van der Waals surface area contributed by atoms with Crippen molar-refractivity contribution in [2.24, 2.45) is 0 Å². The van der Waals surface area contributed by atoms with Crippen LogP contribution in [0.5, 0.6) is 0 Å². The van der Waals surface area contributed by atoms with Crippen LogP contribution in [0.15, 0.2) is 17.1 Å². The van der Waals surface area contributed by atoms with Crippen molar-refractivity contribution < 1.29 is 24.5 Å². The highest BCUT2D eigenvalue weighted by Crippen LogP contribution is 2.30. The third-order valence-corrected chi connectivity index (χ3v) is 2.92. The van der Waals surface area contributed by atoms with Gasteiger partial charge in [0, 0.05) is 13.1 Å². The molecule has 110 valence electrons. The number of hydrogen-bond donors (Lipinski definition) is 3. The lowest BCUT2D eigenvalue weighted by atomic mass is 10.1. The molecule has 0 radical (unpaired) electrons. The second-order valence-corrected chi connectivity index (χ2v) is 4.35. The SMILES string of the molecule is CC(=O)O[C@@H]1[C@H](O)[C@@H](CO)O[C@H]1n1ccc(N)nc1=O. The number of carbonyl (C=O) groups is 1. The number of ether oxygens (including phenoxy) is 2. The number of nitrogens with two attached hydrogens (primary N) is 1. The summed E-state index contributed by atoms with van der Waals surface area (Å²) in [4.78, 5) is 26.4. The minimum atomic E-state index is -1.25. The standard InChI is InChI=1S/C11H15N3O6/c1-5(16)19-9-8(17)6(4-15)20-10(9)14-3-2-7(12)13-11(14)18/h2-3,6,8-10,15,17H,4H2,1H3,(H2,12,13,18)/t6-,8-,9-,10-/m1/s1. The first kappa shape index (κ1) is 14.4. The van der Waals surface area contributed by atoms with Crippen LogP contribution in [0.25, 0.3) is 0 Å². The van der Waals surface area contributed by atoms with Crippen LogP contribution in [0.4, 0.5) is 5.82 Å². The number of aliphatic hydroxyl groups is 2. The van der Waals surface area contributed by atoms with E-state index in [2.05, 4.69) is 4.98 Å². The summed E-state index contributed by atoms with van der Waals surface area (Å²) in [5.74, 6) is -0.606. The third-order valence-electron chi connectivity index (χ3n) is 2.92. The van der Waals surface area contributed by atoms with E-state index < -0.39 is 42.8 Å². The zero-order chi connectivity index (χ0) is 14.9. The first-order chi connectivity index (χ1) is 9.43. The summed E-state index contributed by atoms with van der Waals surface area (Å²) in [5.41, 5.74) is 4.67. The molecule has 1 saturated heterocycles. The number of anilines is 1. The van der Waals surface area contributed by atoms with Gasteiger partial charge in [-0.05, 0) is 6.07 Å². The topological polar surface area (TPSA) is 137 Å². The van der Waals surface area contributed by atoms with Crippen LogP contribution >= 0.6 is 0 Å². The van der Waals surface area contributed by atoms with Crippen LogP contribution in [0.1, 0.15) is 13.2 Å². The Balaban J connectivity index is 2.36. The van der Waals surface area contributed by atoms with Crippen molar-refractivity contribution in [3.63, 3.8) is 0 Å². The second-order valence-electron chi connectivity index (χ2n) is 4.35. The molecule has 1 aliphatic rings. The maximum atomic E-state index is 11.8. The lowest BCUT2D eigenvalue weighted by Crippen LogP contribution is -2.39. The molecule has 0 spiro atoms. The average Bonchev–Trinajstić information content (AvgIpc) is 2.66. The predicted molar refractivity (Wildman–Crippen MR) is 65.5 cm³/mol. The Hall–Kier alpha value is -1.97. The number of aliphatic hydroxyl groups excluding tert-OH is 2. The molecule has 1 aromatic rings. The van der Waals surface area contributed by atoms with Gasteiger partial charge >= 0.3 is 11.7 Å². The third kappa shape index (κ3) is 2.64. The van der Waals surface area contributed by atoms with Gasteiger partial charge < -0.3 is 25.4 Å². The van der Waals surface area contributed by atoms with E-state index in [0.717, 1.165) is 4.57 Å². The number of hydrogen-bond acceptors (Lipinski definition) is 8. The Morgan fingerprint density at radius 3 is 2.90 bits per heavy atom. The quantitative estimate of drug-likeness (QED) is 0.543. The van der Waals surface area contributed by atoms with Crippen molar-refractivity contribution >= 4 is 11.8 Å². The van der Waals surface area contributed by atoms with E-state index in [9.17, 15) is 14.7 Å². The van der Waals surface area contributed by atoms with Gasteiger partial charge in [0.05, 0.1) is 6.61 Å². The Kier molecular flexibility index (Phi) is 4.02. The maximum absolute atomic E-state index is 11.8. The average molecular weight is 285 g/mol. The zero-order valence-corrected chi connectivity index (χ0v) is 10.7. The molecule has 0 unspecified atom stereocenters. The van der Waals surface area contributed by atoms with Gasteiger partial charge in [-0.1, -0.05) is 0 Å². The van der Waals surface area contributed by atoms with E-state index in [0.29, 0.717) is 0 Å². The highest BCUT2D eigenvalue weighted by Gasteiger charge is 2.47. The highest BCUT2D eigenvalue weighted by molar-refractivity contribution is 5.66. The van der Waals surface area contributed by atoms with Crippen molar-refractivity contribution in [1.29, 1.82) is 0 Å². The number of esters is 1. The number of nitrogens with zero attached hydrogens (tertiary/aromatic N) is 2. The summed E-state index contributed by atoms with van der Waals surface area (Å²) in [7, 11) is 0. The summed E-state index contributed by atoms with van der Waals surface area (Å²) in [6.45, 7) is 0.687. The van der Waals surface area contributed by atoms with E-state index >= 15 is 0 Å². The normalized spacial score (nSPS) is 29.4. The summed E-state index contributed by atoms with van der Waals surface area (Å²) < 4.78 is 11.4. The molecular weight excluding hydrogens is 270 g/mol. The summed E-state index contributed by atoms with van der Waals surface area (Å²) in [6, 6.07) is 1.37. The van der Waals surface area contributed by atoms with E-state index in [-0.39, 0.29) is 5.82 Å². The Labute approximate surface area is 113 Å². The minimum absolute atomic E-state index is 0.0348. The zero-order valence-electron chi connectivity index (χ0n) is 10.7. The number of nitrogen functional groups attached to an aromatic ring is 1. The second kappa shape index (κ2) is 5.57. The van der Waals surface area contributed by atoms with Crippen LogP contribution in [0.2, 0.25) is 0 Å². The molecule has 9 nitrogen and oxygen atoms in total. The van der Waals surface area contributed by atoms with Crippen LogP contribution in [0.3, 0.4) is 0 Å². The van der Waals surface area contributed by atoms with Gasteiger partial charge in [0.2, 0.25) is 0 Å². The molecule has 1 aliphatic heterocycles. The van der Waals surface area contributed by atoms with Gasteiger partial charge in [-0.15, -0.1) is 0 Å². The number of aromatic nitrogens is 2. The lowest BCUT2D eigenvalue weighted by molar-refractivity contribution is -0.156. The summed E-state index contributed by atoms with van der Waals surface area (Å²) >= 11 is 0. The molecule has 0 aliphatic carbocycles. The molecular formula is C11H15N3O6. The predicted octanol–water partition coefficient (Wildman–Crippen LogP) is -1.99. The molecule has 0 bridgehead atoms. The van der Waals surface area contributed by atoms with Gasteiger partial charge in [-0.2, -0.15) is 4.98 Å². The van der Waals surface area contributed by atoms with Crippen molar-refractivity contribution in [1.82, 2.24) is 9.55 Å². The van der Waals surface area contributed by atoms with Gasteiger partial charge in [0.1, 0.15) is 18.0 Å². The molecule has 1 aromatic heterocycles. The van der Waals surface area contributed by atoms with E-state index in [1.54, 1.807) is 0 Å². The maximum Gasteiger partial charge on any atom is 0.351 e. The fourth-order valence-corrected chi connectivity index (χ4v) is 2.03. The highest BCUT2D eigenvalue weighted by atomic mass is 16.6. The molecule has 9 heteroatoms. The van der Waals surface area contributed by atoms with Crippen molar-refractivity contribution in [3.05, 3.63) is 22.7 Å². The Morgan fingerprint density at radius 1 is 1.65 bits per heavy atom. The van der Waals surface area contributed by atoms with Gasteiger partial charge in [-0.3, -0.25) is 9.36 Å². The molecule has 0 aromatic carbocycles. The summed E-state index contributed by atoms with van der Waals surface area (Å²) in [6.07, 6.45) is -3.09. The van der Waals surface area contributed by atoms with Crippen LogP contribution < -0.4 is 11.4 Å². The van der Waals surface area contributed by atoms with E-state index in [1.807, 2.05) is 0 Å². The van der Waals surface area contributed by atoms with E-state index in [1.165, 1.54) is 19.2 Å². The smallest absolute Gasteiger partial charge is 0.351 e. The first-order valence-corrected chi connectivity index (χ1v) is 5.90. The van der Waals surface area contributed by atoms with Gasteiger partial charge in [-0.25, -0.2) is 4.79 Å². The number of carbonyl (C=O) groups excluding carboxylic acids is 1. The molecule has 2 heterocycles. The first-order valence-electron chi connectivity index (χ1n) is 5.90. The van der Waals surface area contributed by atoms with Gasteiger partial charge in [0.25, 0.3) is 0 Å². The molecule has 4 atom stereocenters. The molecule has 1 fully saturated rings.